The van der Waals surface area contributed by atoms with E-state index in [1.807, 2.05) is 22.6 Å². The number of rotatable bonds is 6. The molecule has 0 spiro atoms. The Labute approximate surface area is 129 Å². The summed E-state index contributed by atoms with van der Waals surface area (Å²) in [4.78, 5) is 33.9. The zero-order valence-electron chi connectivity index (χ0n) is 10.8. The fourth-order valence-corrected chi connectivity index (χ4v) is 1.96. The highest BCUT2D eigenvalue weighted by Gasteiger charge is 2.14. The van der Waals surface area contributed by atoms with Crippen molar-refractivity contribution in [3.8, 4) is 0 Å². The summed E-state index contributed by atoms with van der Waals surface area (Å²) in [6.07, 6.45) is -0.0870. The largest absolute Gasteiger partial charge is 0.478 e. The number of amides is 1. The van der Waals surface area contributed by atoms with Crippen LogP contribution in [0.2, 0.25) is 0 Å². The van der Waals surface area contributed by atoms with Gasteiger partial charge in [-0.2, -0.15) is 0 Å². The molecule has 0 aliphatic rings. The first kappa shape index (κ1) is 16.4. The van der Waals surface area contributed by atoms with Gasteiger partial charge in [0.05, 0.1) is 24.3 Å². The number of benzene rings is 1. The molecule has 0 aliphatic heterocycles. The standard InChI is InChI=1S/C13H14INO5/c1-2-20-12(17)6-5-11(16)15-10-4-3-8(14)7-9(10)13(18)19/h3-4,7H,2,5-6H2,1H3,(H,15,16)(H,18,19). The number of halogens is 1. The highest BCUT2D eigenvalue weighted by atomic mass is 127. The van der Waals surface area contributed by atoms with Crippen LogP contribution in [0.1, 0.15) is 30.1 Å². The summed E-state index contributed by atoms with van der Waals surface area (Å²) in [6.45, 7) is 1.95. The maximum absolute atomic E-state index is 11.7. The lowest BCUT2D eigenvalue weighted by Crippen LogP contribution is -2.16. The lowest BCUT2D eigenvalue weighted by Gasteiger charge is -2.08. The van der Waals surface area contributed by atoms with E-state index in [1.165, 1.54) is 12.1 Å². The SMILES string of the molecule is CCOC(=O)CCC(=O)Nc1ccc(I)cc1C(=O)O. The number of esters is 1. The summed E-state index contributed by atoms with van der Waals surface area (Å²) in [6, 6.07) is 4.67. The van der Waals surface area contributed by atoms with E-state index in [0.29, 0.717) is 0 Å². The van der Waals surface area contributed by atoms with Crippen LogP contribution >= 0.6 is 22.6 Å². The second-order valence-corrected chi connectivity index (χ2v) is 5.09. The predicted molar refractivity (Wildman–Crippen MR) is 80.6 cm³/mol. The number of aromatic carboxylic acids is 1. The third-order valence-electron chi connectivity index (χ3n) is 2.35. The molecule has 1 amide bonds. The Kier molecular flexibility index (Phi) is 6.43. The molecule has 0 aliphatic carbocycles. The summed E-state index contributed by atoms with van der Waals surface area (Å²) in [7, 11) is 0. The average molecular weight is 391 g/mol. The first-order valence-electron chi connectivity index (χ1n) is 5.92. The Morgan fingerprint density at radius 1 is 1.30 bits per heavy atom. The number of hydrogen-bond acceptors (Lipinski definition) is 4. The summed E-state index contributed by atoms with van der Waals surface area (Å²) in [5.74, 6) is -2.00. The minimum absolute atomic E-state index is 0.0152. The fraction of sp³-hybridized carbons (Fsp3) is 0.308. The Morgan fingerprint density at radius 2 is 2.00 bits per heavy atom. The molecule has 1 aromatic rings. The van der Waals surface area contributed by atoms with Crippen LogP contribution in [-0.4, -0.2) is 29.6 Å². The molecule has 7 heteroatoms. The van der Waals surface area contributed by atoms with Crippen LogP contribution in [0.25, 0.3) is 0 Å². The van der Waals surface area contributed by atoms with Crippen molar-refractivity contribution in [1.29, 1.82) is 0 Å². The number of carbonyl (C=O) groups excluding carboxylic acids is 2. The maximum atomic E-state index is 11.7. The van der Waals surface area contributed by atoms with Crippen molar-refractivity contribution in [2.45, 2.75) is 19.8 Å². The summed E-state index contributed by atoms with van der Waals surface area (Å²) < 4.78 is 5.46. The molecule has 0 unspecified atom stereocenters. The van der Waals surface area contributed by atoms with Gasteiger partial charge in [-0.3, -0.25) is 9.59 Å². The third kappa shape index (κ3) is 5.16. The monoisotopic (exact) mass is 391 g/mol. The second kappa shape index (κ2) is 7.83. The van der Waals surface area contributed by atoms with Crippen LogP contribution in [-0.2, 0) is 14.3 Å². The normalized spacial score (nSPS) is 9.90. The first-order chi connectivity index (χ1) is 9.43. The first-order valence-corrected chi connectivity index (χ1v) is 7.00. The van der Waals surface area contributed by atoms with Crippen molar-refractivity contribution < 1.29 is 24.2 Å². The van der Waals surface area contributed by atoms with Gasteiger partial charge in [0, 0.05) is 9.99 Å². The molecule has 20 heavy (non-hydrogen) atoms. The van der Waals surface area contributed by atoms with E-state index < -0.39 is 17.8 Å². The molecule has 0 saturated carbocycles. The number of carbonyl (C=O) groups is 3. The topological polar surface area (TPSA) is 92.7 Å². The van der Waals surface area contributed by atoms with Gasteiger partial charge in [-0.05, 0) is 47.7 Å². The van der Waals surface area contributed by atoms with Crippen molar-refractivity contribution in [1.82, 2.24) is 0 Å². The van der Waals surface area contributed by atoms with Gasteiger partial charge in [-0.25, -0.2) is 4.79 Å². The molecule has 0 fully saturated rings. The minimum Gasteiger partial charge on any atom is -0.478 e. The van der Waals surface area contributed by atoms with Gasteiger partial charge < -0.3 is 15.2 Å². The number of nitrogens with one attached hydrogen (secondary N) is 1. The predicted octanol–water partition coefficient (Wildman–Crippen LogP) is 2.27. The quantitative estimate of drug-likeness (QED) is 0.574. The second-order valence-electron chi connectivity index (χ2n) is 3.85. The molecule has 6 nitrogen and oxygen atoms in total. The van der Waals surface area contributed by atoms with Crippen LogP contribution < -0.4 is 5.32 Å². The number of carboxylic acids is 1. The number of hydrogen-bond donors (Lipinski definition) is 2. The molecule has 0 atom stereocenters. The fourth-order valence-electron chi connectivity index (χ4n) is 1.46. The Morgan fingerprint density at radius 3 is 2.60 bits per heavy atom. The van der Waals surface area contributed by atoms with Crippen molar-refractivity contribution in [3.05, 3.63) is 27.3 Å². The number of anilines is 1. The molecule has 1 aromatic carbocycles. The van der Waals surface area contributed by atoms with Crippen LogP contribution in [0.4, 0.5) is 5.69 Å². The zero-order valence-corrected chi connectivity index (χ0v) is 13.0. The molecule has 1 rings (SSSR count). The smallest absolute Gasteiger partial charge is 0.337 e. The van der Waals surface area contributed by atoms with Gasteiger partial charge in [-0.1, -0.05) is 0 Å². The number of carboxylic acid groups (broad SMARTS) is 1. The molecule has 0 bridgehead atoms. The third-order valence-corrected chi connectivity index (χ3v) is 3.02. The average Bonchev–Trinajstić information content (AvgIpc) is 2.38. The molecule has 0 aromatic heterocycles. The van der Waals surface area contributed by atoms with E-state index in [0.717, 1.165) is 3.57 Å². The van der Waals surface area contributed by atoms with Crippen LogP contribution in [0.15, 0.2) is 18.2 Å². The summed E-state index contributed by atoms with van der Waals surface area (Å²) in [5, 5.41) is 11.5. The van der Waals surface area contributed by atoms with Crippen LogP contribution in [0.5, 0.6) is 0 Å². The summed E-state index contributed by atoms with van der Waals surface area (Å²) in [5.41, 5.74) is 0.230. The van der Waals surface area contributed by atoms with E-state index in [9.17, 15) is 14.4 Å². The van der Waals surface area contributed by atoms with E-state index in [-0.39, 0.29) is 30.7 Å². The van der Waals surface area contributed by atoms with Gasteiger partial charge in [0.15, 0.2) is 0 Å². The minimum atomic E-state index is -1.12. The van der Waals surface area contributed by atoms with Gasteiger partial charge in [0.1, 0.15) is 0 Å². The molecule has 0 heterocycles. The van der Waals surface area contributed by atoms with Gasteiger partial charge in [0.2, 0.25) is 5.91 Å². The zero-order chi connectivity index (χ0) is 15.1. The molecule has 108 valence electrons. The molecule has 0 saturated heterocycles. The van der Waals surface area contributed by atoms with Crippen molar-refractivity contribution >= 4 is 46.1 Å². The van der Waals surface area contributed by atoms with Crippen LogP contribution in [0, 0.1) is 3.57 Å². The van der Waals surface area contributed by atoms with Crippen molar-refractivity contribution in [3.63, 3.8) is 0 Å². The van der Waals surface area contributed by atoms with Crippen molar-refractivity contribution in [2.75, 3.05) is 11.9 Å². The molecular weight excluding hydrogens is 377 g/mol. The number of ether oxygens (including phenoxy) is 1. The molecule has 0 radical (unpaired) electrons. The van der Waals surface area contributed by atoms with Gasteiger partial charge in [-0.15, -0.1) is 0 Å². The van der Waals surface area contributed by atoms with Crippen molar-refractivity contribution in [2.24, 2.45) is 0 Å². The molecular formula is C13H14INO5. The lowest BCUT2D eigenvalue weighted by molar-refractivity contribution is -0.144. The summed E-state index contributed by atoms with van der Waals surface area (Å²) >= 11 is 1.99. The van der Waals surface area contributed by atoms with E-state index in [4.69, 9.17) is 9.84 Å². The van der Waals surface area contributed by atoms with Gasteiger partial charge in [0.25, 0.3) is 0 Å². The Balaban J connectivity index is 2.66. The molecule has 2 N–H and O–H groups in total. The Hall–Kier alpha value is -1.64. The highest BCUT2D eigenvalue weighted by molar-refractivity contribution is 14.1. The van der Waals surface area contributed by atoms with E-state index >= 15 is 0 Å². The van der Waals surface area contributed by atoms with E-state index in [2.05, 4.69) is 5.32 Å². The highest BCUT2D eigenvalue weighted by Crippen LogP contribution is 2.19. The lowest BCUT2D eigenvalue weighted by atomic mass is 10.1. The Bertz CT molecular complexity index is 529. The van der Waals surface area contributed by atoms with Gasteiger partial charge >= 0.3 is 11.9 Å². The maximum Gasteiger partial charge on any atom is 0.337 e. The van der Waals surface area contributed by atoms with E-state index in [1.54, 1.807) is 13.0 Å². The van der Waals surface area contributed by atoms with Crippen LogP contribution in [0.3, 0.4) is 0 Å².